The Balaban J connectivity index is 0.905. The molecule has 7 rings (SSSR count). The van der Waals surface area contributed by atoms with E-state index >= 15 is 0 Å². The van der Waals surface area contributed by atoms with Crippen molar-refractivity contribution in [2.45, 2.75) is 25.4 Å². The fourth-order valence-electron chi connectivity index (χ4n) is 6.90. The number of nitrogens with zero attached hydrogens (tertiary/aromatic N) is 4. The summed E-state index contributed by atoms with van der Waals surface area (Å²) in [6, 6.07) is 20.3. The lowest BCUT2D eigenvalue weighted by atomic mass is 9.88. The number of aliphatic carboxylic acids is 1. The van der Waals surface area contributed by atoms with E-state index in [4.69, 9.17) is 10.5 Å². The molecule has 1 unspecified atom stereocenters. The Bertz CT molecular complexity index is 3030. The Labute approximate surface area is 363 Å². The number of aromatic nitrogens is 4. The summed E-state index contributed by atoms with van der Waals surface area (Å²) in [4.78, 5) is 92.1. The number of nitrogens with two attached hydrogens (primary N) is 1. The maximum atomic E-state index is 13.2. The molecule has 0 radical (unpaired) electrons. The highest BCUT2D eigenvalue weighted by Gasteiger charge is 2.26. The van der Waals surface area contributed by atoms with E-state index in [0.717, 1.165) is 5.69 Å². The molecule has 9 N–H and O–H groups in total. The minimum atomic E-state index is -1.38. The number of H-pyrrole nitrogens is 1. The lowest BCUT2D eigenvalue weighted by molar-refractivity contribution is -0.139. The van der Waals surface area contributed by atoms with Gasteiger partial charge in [0.15, 0.2) is 11.2 Å². The van der Waals surface area contributed by atoms with Gasteiger partial charge in [0.25, 0.3) is 17.4 Å². The van der Waals surface area contributed by atoms with Crippen LogP contribution >= 0.6 is 0 Å². The molecule has 1 aliphatic rings. The molecule has 0 fully saturated rings. The SMILES string of the molecule is C=c1ccc2c(c1)Oc1cc(N(C)C)ccc1C=2c1ccc(C(=O)NCCNC(=O)CCC(NC(=O)c2ccc(NCc3cnc4nc(N)[nH]c(=O)c4n3)cc2)C(=O)O)cc1C(=O)O. The average Bonchev–Trinajstić information content (AvgIpc) is 3.27. The van der Waals surface area contributed by atoms with Crippen molar-refractivity contribution >= 4 is 70.3 Å². The average molecular weight is 867 g/mol. The van der Waals surface area contributed by atoms with Gasteiger partial charge in [-0.1, -0.05) is 24.8 Å². The molecule has 0 spiro atoms. The standard InChI is InChI=1S/C45H42N10O9/c1-23-4-11-30-34(18-23)64-35-20-28(55(2)3)10-13-31(35)37(30)29-12-7-25(19-32(29)43(60)61)40(57)48-17-16-47-36(56)15-14-33(44(62)63)52-41(58)24-5-8-26(9-6-24)49-21-27-22-50-39-38(51-27)42(59)54-45(46)53-39/h4-13,18-20,22,33,49H,1,14-17,21H2,2-3H3,(H,47,56)(H,48,57)(H,52,58)(H,60,61)(H,62,63)(H3,46,50,53,54,59). The van der Waals surface area contributed by atoms with Gasteiger partial charge in [-0.15, -0.1) is 0 Å². The third-order valence-electron chi connectivity index (χ3n) is 10.2. The molecular formula is C45H42N10O9. The zero-order valence-electron chi connectivity index (χ0n) is 34.5. The summed E-state index contributed by atoms with van der Waals surface area (Å²) in [5, 5.41) is 32.3. The topological polar surface area (TPSA) is 284 Å². The number of benzene rings is 4. The van der Waals surface area contributed by atoms with E-state index in [0.29, 0.717) is 50.0 Å². The van der Waals surface area contributed by atoms with E-state index in [1.165, 1.54) is 30.5 Å². The molecule has 19 heteroatoms. The maximum Gasteiger partial charge on any atom is 0.336 e. The van der Waals surface area contributed by atoms with Crippen molar-refractivity contribution in [2.24, 2.45) is 0 Å². The first-order valence-corrected chi connectivity index (χ1v) is 19.8. The summed E-state index contributed by atoms with van der Waals surface area (Å²) in [5.41, 5.74) is 8.93. The minimum Gasteiger partial charge on any atom is -0.480 e. The number of nitrogens with one attached hydrogen (secondary N) is 5. The molecule has 0 aliphatic carbocycles. The fraction of sp³-hybridized carbons (Fsp3) is 0.178. The van der Waals surface area contributed by atoms with Crippen LogP contribution in [0, 0.1) is 0 Å². The first-order chi connectivity index (χ1) is 30.6. The van der Waals surface area contributed by atoms with Crippen molar-refractivity contribution in [3.63, 3.8) is 0 Å². The van der Waals surface area contributed by atoms with E-state index in [1.807, 2.05) is 49.3 Å². The number of aromatic amines is 1. The van der Waals surface area contributed by atoms with Gasteiger partial charge < -0.3 is 46.9 Å². The quantitative estimate of drug-likeness (QED) is 0.0645. The third kappa shape index (κ3) is 9.78. The molecule has 6 aromatic rings. The van der Waals surface area contributed by atoms with Crippen molar-refractivity contribution in [2.75, 3.05) is 43.1 Å². The van der Waals surface area contributed by atoms with Gasteiger partial charge in [-0.25, -0.2) is 19.6 Å². The zero-order chi connectivity index (χ0) is 45.7. The van der Waals surface area contributed by atoms with E-state index in [2.05, 4.69) is 47.8 Å². The van der Waals surface area contributed by atoms with Crippen LogP contribution in [0.4, 0.5) is 17.3 Å². The number of carbonyl (C=O) groups excluding carboxylic acids is 3. The van der Waals surface area contributed by atoms with Crippen LogP contribution in [-0.2, 0) is 16.1 Å². The lowest BCUT2D eigenvalue weighted by Crippen LogP contribution is -2.42. The first-order valence-electron chi connectivity index (χ1n) is 19.8. The molecule has 3 heterocycles. The highest BCUT2D eigenvalue weighted by atomic mass is 16.5. The van der Waals surface area contributed by atoms with Crippen LogP contribution in [0.5, 0.6) is 11.5 Å². The molecule has 0 saturated heterocycles. The largest absolute Gasteiger partial charge is 0.480 e. The van der Waals surface area contributed by atoms with Crippen LogP contribution in [0.25, 0.3) is 23.3 Å². The Morgan fingerprint density at radius 2 is 1.59 bits per heavy atom. The van der Waals surface area contributed by atoms with Crippen LogP contribution in [0.15, 0.2) is 89.9 Å². The molecule has 2 aromatic heterocycles. The first kappa shape index (κ1) is 43.5. The summed E-state index contributed by atoms with van der Waals surface area (Å²) < 4.78 is 6.25. The summed E-state index contributed by atoms with van der Waals surface area (Å²) >= 11 is 0. The Kier molecular flexibility index (Phi) is 12.6. The number of nitrogen functional groups attached to an aromatic ring is 1. The molecule has 4 aromatic carbocycles. The summed E-state index contributed by atoms with van der Waals surface area (Å²) in [5.74, 6) is -3.34. The van der Waals surface area contributed by atoms with Crippen LogP contribution in [-0.4, -0.2) is 93.0 Å². The third-order valence-corrected chi connectivity index (χ3v) is 10.2. The Hall–Kier alpha value is -8.61. The molecule has 1 aliphatic heterocycles. The fourth-order valence-corrected chi connectivity index (χ4v) is 6.90. The maximum absolute atomic E-state index is 13.2. The molecule has 64 heavy (non-hydrogen) atoms. The number of aromatic carboxylic acids is 1. The predicted octanol–water partition coefficient (Wildman–Crippen LogP) is 1.94. The number of carboxylic acids is 2. The minimum absolute atomic E-state index is 0.00825. The number of rotatable bonds is 16. The second kappa shape index (κ2) is 18.6. The van der Waals surface area contributed by atoms with E-state index in [-0.39, 0.29) is 66.3 Å². The lowest BCUT2D eigenvalue weighted by Gasteiger charge is -2.24. The smallest absolute Gasteiger partial charge is 0.336 e. The number of hydrogen-bond acceptors (Lipinski definition) is 13. The Morgan fingerprint density at radius 1 is 0.859 bits per heavy atom. The van der Waals surface area contributed by atoms with Crippen LogP contribution in [0.3, 0.4) is 0 Å². The van der Waals surface area contributed by atoms with E-state index < -0.39 is 41.3 Å². The van der Waals surface area contributed by atoms with E-state index in [9.17, 15) is 39.0 Å². The van der Waals surface area contributed by atoms with E-state index in [1.54, 1.807) is 24.3 Å². The number of amides is 3. The molecule has 1 atom stereocenters. The molecular weight excluding hydrogens is 825 g/mol. The zero-order valence-corrected chi connectivity index (χ0v) is 34.5. The highest BCUT2D eigenvalue weighted by Crippen LogP contribution is 2.39. The molecule has 326 valence electrons. The van der Waals surface area contributed by atoms with Gasteiger partial charge in [-0.05, 0) is 71.8 Å². The van der Waals surface area contributed by atoms with Gasteiger partial charge in [-0.2, -0.15) is 4.98 Å². The number of ether oxygens (including phenoxy) is 1. The molecule has 0 saturated carbocycles. The van der Waals surface area contributed by atoms with Crippen molar-refractivity contribution in [3.8, 4) is 11.5 Å². The van der Waals surface area contributed by atoms with Gasteiger partial charge in [0.05, 0.1) is 24.0 Å². The van der Waals surface area contributed by atoms with Crippen LogP contribution in [0.1, 0.15) is 60.7 Å². The van der Waals surface area contributed by atoms with Crippen molar-refractivity contribution in [1.29, 1.82) is 0 Å². The summed E-state index contributed by atoms with van der Waals surface area (Å²) in [7, 11) is 3.80. The number of anilines is 3. The second-order valence-electron chi connectivity index (χ2n) is 14.9. The molecule has 0 bridgehead atoms. The van der Waals surface area contributed by atoms with Gasteiger partial charge in [0.2, 0.25) is 11.9 Å². The summed E-state index contributed by atoms with van der Waals surface area (Å²) in [6.45, 7) is 4.17. The van der Waals surface area contributed by atoms with Gasteiger partial charge in [0.1, 0.15) is 17.5 Å². The van der Waals surface area contributed by atoms with Gasteiger partial charge >= 0.3 is 11.9 Å². The highest BCUT2D eigenvalue weighted by molar-refractivity contribution is 6.02. The monoisotopic (exact) mass is 866 g/mol. The molecule has 3 amide bonds. The predicted molar refractivity (Wildman–Crippen MR) is 237 cm³/mol. The summed E-state index contributed by atoms with van der Waals surface area (Å²) in [6.07, 6.45) is 0.987. The number of hydrogen-bond donors (Lipinski definition) is 8. The Morgan fingerprint density at radius 3 is 2.33 bits per heavy atom. The normalized spacial score (nSPS) is 11.9. The van der Waals surface area contributed by atoms with Gasteiger partial charge in [-0.3, -0.25) is 24.2 Å². The second-order valence-corrected chi connectivity index (χ2v) is 14.9. The number of fused-ring (bicyclic) bond motifs is 3. The van der Waals surface area contributed by atoms with Crippen LogP contribution in [0.2, 0.25) is 0 Å². The van der Waals surface area contributed by atoms with Crippen molar-refractivity contribution in [3.05, 3.63) is 139 Å². The van der Waals surface area contributed by atoms with Crippen molar-refractivity contribution in [1.82, 2.24) is 35.9 Å². The van der Waals surface area contributed by atoms with Crippen molar-refractivity contribution < 1.29 is 38.9 Å². The number of carboxylic acid groups (broad SMARTS) is 2. The number of carbonyl (C=O) groups is 5. The van der Waals surface area contributed by atoms with Gasteiger partial charge in [0, 0.05) is 78.5 Å². The molecule has 19 nitrogen and oxygen atoms in total. The van der Waals surface area contributed by atoms with Crippen LogP contribution < -0.4 is 52.6 Å².